The molecule has 0 aromatic heterocycles. The number of hydrogen-bond donors (Lipinski definition) is 1. The van der Waals surface area contributed by atoms with Gasteiger partial charge in [0.15, 0.2) is 0 Å². The fraction of sp³-hybridized carbons (Fsp3) is 0.833. The van der Waals surface area contributed by atoms with E-state index >= 15 is 0 Å². The molecule has 0 aromatic carbocycles. The van der Waals surface area contributed by atoms with Crippen LogP contribution < -0.4 is 0 Å². The lowest BCUT2D eigenvalue weighted by atomic mass is 10.3. The summed E-state index contributed by atoms with van der Waals surface area (Å²) >= 11 is 1.71. The SMILES string of the molecule is CCCC(C=NO)SC. The van der Waals surface area contributed by atoms with Gasteiger partial charge in [0, 0.05) is 5.25 Å². The van der Waals surface area contributed by atoms with Gasteiger partial charge in [-0.05, 0) is 12.7 Å². The quantitative estimate of drug-likeness (QED) is 0.374. The van der Waals surface area contributed by atoms with E-state index in [1.54, 1.807) is 18.0 Å². The van der Waals surface area contributed by atoms with Crippen molar-refractivity contribution in [2.45, 2.75) is 25.0 Å². The zero-order valence-electron chi connectivity index (χ0n) is 5.87. The highest BCUT2D eigenvalue weighted by molar-refractivity contribution is 7.99. The van der Waals surface area contributed by atoms with Crippen molar-refractivity contribution in [2.75, 3.05) is 6.26 Å². The third kappa shape index (κ3) is 4.33. The molecule has 54 valence electrons. The lowest BCUT2D eigenvalue weighted by molar-refractivity contribution is 0.320. The standard InChI is InChI=1S/C6H13NOS/c1-3-4-6(9-2)5-7-8/h5-6,8H,3-4H2,1-2H3. The van der Waals surface area contributed by atoms with Crippen LogP contribution in [0.3, 0.4) is 0 Å². The summed E-state index contributed by atoms with van der Waals surface area (Å²) in [6.45, 7) is 2.12. The fourth-order valence-corrected chi connectivity index (χ4v) is 1.26. The molecule has 1 atom stereocenters. The molecule has 0 saturated heterocycles. The van der Waals surface area contributed by atoms with Gasteiger partial charge in [-0.25, -0.2) is 0 Å². The average Bonchev–Trinajstić information content (AvgIpc) is 1.88. The van der Waals surface area contributed by atoms with Crippen LogP contribution in [0.5, 0.6) is 0 Å². The van der Waals surface area contributed by atoms with Gasteiger partial charge < -0.3 is 5.21 Å². The van der Waals surface area contributed by atoms with Gasteiger partial charge in [0.05, 0.1) is 6.21 Å². The van der Waals surface area contributed by atoms with Gasteiger partial charge >= 0.3 is 0 Å². The van der Waals surface area contributed by atoms with Crippen molar-refractivity contribution >= 4 is 18.0 Å². The summed E-state index contributed by atoms with van der Waals surface area (Å²) in [5.41, 5.74) is 0. The maximum Gasteiger partial charge on any atom is 0.0565 e. The minimum atomic E-state index is 0.389. The topological polar surface area (TPSA) is 32.6 Å². The molecule has 0 aliphatic rings. The Labute approximate surface area is 60.3 Å². The highest BCUT2D eigenvalue weighted by Gasteiger charge is 1.99. The maximum atomic E-state index is 8.15. The molecule has 1 unspecified atom stereocenters. The second-order valence-corrected chi connectivity index (χ2v) is 2.90. The van der Waals surface area contributed by atoms with Crippen LogP contribution in [0, 0.1) is 0 Å². The smallest absolute Gasteiger partial charge is 0.0565 e. The van der Waals surface area contributed by atoms with Crippen molar-refractivity contribution in [3.05, 3.63) is 0 Å². The first-order valence-electron chi connectivity index (χ1n) is 3.05. The Hall–Kier alpha value is -0.180. The van der Waals surface area contributed by atoms with E-state index in [4.69, 9.17) is 5.21 Å². The molecule has 1 N–H and O–H groups in total. The monoisotopic (exact) mass is 147 g/mol. The van der Waals surface area contributed by atoms with Crippen LogP contribution in [0.1, 0.15) is 19.8 Å². The van der Waals surface area contributed by atoms with Gasteiger partial charge in [0.25, 0.3) is 0 Å². The molecule has 0 aliphatic heterocycles. The molecule has 3 heteroatoms. The lowest BCUT2D eigenvalue weighted by Gasteiger charge is -2.03. The molecule has 0 amide bonds. The number of thioether (sulfide) groups is 1. The van der Waals surface area contributed by atoms with Crippen LogP contribution >= 0.6 is 11.8 Å². The highest BCUT2D eigenvalue weighted by atomic mass is 32.2. The fourth-order valence-electron chi connectivity index (χ4n) is 0.612. The lowest BCUT2D eigenvalue weighted by Crippen LogP contribution is -2.01. The zero-order chi connectivity index (χ0) is 7.11. The number of nitrogens with zero attached hydrogens (tertiary/aromatic N) is 1. The summed E-state index contributed by atoms with van der Waals surface area (Å²) in [6, 6.07) is 0. The van der Waals surface area contributed by atoms with Gasteiger partial charge in [-0.1, -0.05) is 13.3 Å². The predicted molar refractivity (Wildman–Crippen MR) is 42.5 cm³/mol. The van der Waals surface area contributed by atoms with Crippen LogP contribution in [0.25, 0.3) is 0 Å². The van der Waals surface area contributed by atoms with Crippen LogP contribution in [0.2, 0.25) is 0 Å². The summed E-state index contributed by atoms with van der Waals surface area (Å²) in [5, 5.41) is 11.5. The van der Waals surface area contributed by atoms with E-state index in [2.05, 4.69) is 12.1 Å². The van der Waals surface area contributed by atoms with Crippen molar-refractivity contribution in [1.82, 2.24) is 0 Å². The van der Waals surface area contributed by atoms with Crippen molar-refractivity contribution < 1.29 is 5.21 Å². The van der Waals surface area contributed by atoms with Crippen LogP contribution in [-0.2, 0) is 0 Å². The minimum absolute atomic E-state index is 0.389. The molecule has 0 rings (SSSR count). The molecule has 0 saturated carbocycles. The second kappa shape index (κ2) is 5.95. The molecule has 0 spiro atoms. The van der Waals surface area contributed by atoms with E-state index in [1.807, 2.05) is 6.26 Å². The maximum absolute atomic E-state index is 8.15. The molecule has 0 fully saturated rings. The molecule has 0 radical (unpaired) electrons. The summed E-state index contributed by atoms with van der Waals surface area (Å²) < 4.78 is 0. The first kappa shape index (κ1) is 8.82. The van der Waals surface area contributed by atoms with Crippen molar-refractivity contribution in [2.24, 2.45) is 5.16 Å². The van der Waals surface area contributed by atoms with Crippen LogP contribution in [0.4, 0.5) is 0 Å². The van der Waals surface area contributed by atoms with E-state index in [0.29, 0.717) is 5.25 Å². The highest BCUT2D eigenvalue weighted by Crippen LogP contribution is 2.09. The summed E-state index contributed by atoms with van der Waals surface area (Å²) in [4.78, 5) is 0. The Balaban J connectivity index is 3.41. The first-order valence-corrected chi connectivity index (χ1v) is 4.34. The Morgan fingerprint density at radius 1 is 1.78 bits per heavy atom. The minimum Gasteiger partial charge on any atom is -0.411 e. The molecule has 0 bridgehead atoms. The molecular formula is C6H13NOS. The van der Waals surface area contributed by atoms with E-state index < -0.39 is 0 Å². The van der Waals surface area contributed by atoms with Crippen molar-refractivity contribution in [1.29, 1.82) is 0 Å². The van der Waals surface area contributed by atoms with Crippen molar-refractivity contribution in [3.8, 4) is 0 Å². The Kier molecular flexibility index (Phi) is 5.83. The number of rotatable bonds is 4. The molecule has 0 heterocycles. The van der Waals surface area contributed by atoms with Crippen LogP contribution in [0.15, 0.2) is 5.16 Å². The van der Waals surface area contributed by atoms with Gasteiger partial charge in [-0.2, -0.15) is 11.8 Å². The van der Waals surface area contributed by atoms with E-state index in [-0.39, 0.29) is 0 Å². The number of oxime groups is 1. The van der Waals surface area contributed by atoms with E-state index in [1.165, 1.54) is 0 Å². The third-order valence-corrected chi connectivity index (χ3v) is 2.07. The van der Waals surface area contributed by atoms with Gasteiger partial charge in [-0.3, -0.25) is 0 Å². The Morgan fingerprint density at radius 3 is 2.78 bits per heavy atom. The van der Waals surface area contributed by atoms with Gasteiger partial charge in [0.2, 0.25) is 0 Å². The molecular weight excluding hydrogens is 134 g/mol. The third-order valence-electron chi connectivity index (χ3n) is 1.11. The zero-order valence-corrected chi connectivity index (χ0v) is 6.69. The largest absolute Gasteiger partial charge is 0.411 e. The van der Waals surface area contributed by atoms with Gasteiger partial charge in [-0.15, -0.1) is 5.16 Å². The number of hydrogen-bond acceptors (Lipinski definition) is 3. The Bertz CT molecular complexity index is 85.1. The summed E-state index contributed by atoms with van der Waals surface area (Å²) in [5.74, 6) is 0. The summed E-state index contributed by atoms with van der Waals surface area (Å²) in [6.07, 6.45) is 5.82. The molecule has 2 nitrogen and oxygen atoms in total. The van der Waals surface area contributed by atoms with E-state index in [9.17, 15) is 0 Å². The normalized spacial score (nSPS) is 14.4. The van der Waals surface area contributed by atoms with E-state index in [0.717, 1.165) is 12.8 Å². The molecule has 9 heavy (non-hydrogen) atoms. The van der Waals surface area contributed by atoms with Crippen LogP contribution in [-0.4, -0.2) is 22.9 Å². The van der Waals surface area contributed by atoms with Gasteiger partial charge in [0.1, 0.15) is 0 Å². The van der Waals surface area contributed by atoms with Crippen molar-refractivity contribution in [3.63, 3.8) is 0 Å². The average molecular weight is 147 g/mol. The molecule has 0 aliphatic carbocycles. The first-order chi connectivity index (χ1) is 4.35. The summed E-state index contributed by atoms with van der Waals surface area (Å²) in [7, 11) is 0. The molecule has 0 aromatic rings. The second-order valence-electron chi connectivity index (χ2n) is 1.83. The predicted octanol–water partition coefficient (Wildman–Crippen LogP) is 1.98. The Morgan fingerprint density at radius 2 is 2.44 bits per heavy atom.